The van der Waals surface area contributed by atoms with E-state index < -0.39 is 5.97 Å². The number of hydrogen-bond donors (Lipinski definition) is 1. The molecule has 0 fully saturated rings. The van der Waals surface area contributed by atoms with Crippen LogP contribution in [0, 0.1) is 0 Å². The highest BCUT2D eigenvalue weighted by Crippen LogP contribution is 2.24. The number of nitrogens with two attached hydrogens (primary N) is 1. The number of halogens is 1. The molecule has 0 radical (unpaired) electrons. The van der Waals surface area contributed by atoms with Crippen LogP contribution in [0.1, 0.15) is 22.8 Å². The zero-order valence-corrected chi connectivity index (χ0v) is 12.3. The van der Waals surface area contributed by atoms with Gasteiger partial charge in [-0.1, -0.05) is 11.6 Å². The summed E-state index contributed by atoms with van der Waals surface area (Å²) in [6.07, 6.45) is 3.16. The molecule has 5 nitrogen and oxygen atoms in total. The van der Waals surface area contributed by atoms with Crippen molar-refractivity contribution in [3.63, 3.8) is 0 Å². The van der Waals surface area contributed by atoms with E-state index in [0.717, 1.165) is 5.56 Å². The first-order valence-corrected chi connectivity index (χ1v) is 6.77. The lowest BCUT2D eigenvalue weighted by Crippen LogP contribution is -2.09. The van der Waals surface area contributed by atoms with Gasteiger partial charge in [-0.2, -0.15) is 0 Å². The number of carbonyl (C=O) groups is 1. The van der Waals surface area contributed by atoms with E-state index in [-0.39, 0.29) is 13.2 Å². The highest BCUT2D eigenvalue weighted by atomic mass is 35.5. The van der Waals surface area contributed by atoms with Crippen LogP contribution < -0.4 is 10.5 Å². The van der Waals surface area contributed by atoms with Gasteiger partial charge in [0.25, 0.3) is 0 Å². The van der Waals surface area contributed by atoms with Gasteiger partial charge in [0.15, 0.2) is 0 Å². The lowest BCUT2D eigenvalue weighted by molar-refractivity contribution is 0.0521. The summed E-state index contributed by atoms with van der Waals surface area (Å²) < 4.78 is 10.6. The molecule has 0 aliphatic heterocycles. The highest BCUT2D eigenvalue weighted by molar-refractivity contribution is 6.31. The molecule has 6 heteroatoms. The summed E-state index contributed by atoms with van der Waals surface area (Å²) >= 11 is 6.01. The molecule has 0 bridgehead atoms. The fourth-order valence-electron chi connectivity index (χ4n) is 1.72. The molecular formula is C15H15ClN2O3. The molecule has 1 aromatic carbocycles. The first-order valence-electron chi connectivity index (χ1n) is 6.39. The Labute approximate surface area is 127 Å². The van der Waals surface area contributed by atoms with E-state index in [1.165, 1.54) is 12.3 Å². The van der Waals surface area contributed by atoms with Crippen LogP contribution >= 0.6 is 11.6 Å². The number of carbonyl (C=O) groups excluding carboxylic acids is 1. The Hall–Kier alpha value is -2.27. The summed E-state index contributed by atoms with van der Waals surface area (Å²) in [5.74, 6) is -0.0730. The molecule has 0 saturated heterocycles. The topological polar surface area (TPSA) is 74.4 Å². The maximum Gasteiger partial charge on any atom is 0.341 e. The lowest BCUT2D eigenvalue weighted by atomic mass is 10.2. The third-order valence-corrected chi connectivity index (χ3v) is 3.08. The Balaban J connectivity index is 2.20. The number of hydrogen-bond acceptors (Lipinski definition) is 5. The monoisotopic (exact) mass is 306 g/mol. The molecule has 1 heterocycles. The molecule has 110 valence electrons. The smallest absolute Gasteiger partial charge is 0.341 e. The van der Waals surface area contributed by atoms with E-state index in [0.29, 0.717) is 22.0 Å². The van der Waals surface area contributed by atoms with Crippen molar-refractivity contribution in [3.05, 3.63) is 52.8 Å². The third kappa shape index (κ3) is 3.86. The van der Waals surface area contributed by atoms with E-state index >= 15 is 0 Å². The number of ether oxygens (including phenoxy) is 2. The second-order valence-corrected chi connectivity index (χ2v) is 4.64. The average Bonchev–Trinajstić information content (AvgIpc) is 2.47. The third-order valence-electron chi connectivity index (χ3n) is 2.74. The summed E-state index contributed by atoms with van der Waals surface area (Å²) in [6.45, 7) is 2.24. The zero-order chi connectivity index (χ0) is 15.2. The Kier molecular flexibility index (Phi) is 5.00. The molecule has 0 saturated carbocycles. The predicted octanol–water partition coefficient (Wildman–Crippen LogP) is 3.07. The van der Waals surface area contributed by atoms with E-state index in [4.69, 9.17) is 26.8 Å². The van der Waals surface area contributed by atoms with E-state index in [1.54, 1.807) is 31.3 Å². The maximum absolute atomic E-state index is 11.9. The van der Waals surface area contributed by atoms with Gasteiger partial charge in [-0.3, -0.25) is 4.98 Å². The second-order valence-electron chi connectivity index (χ2n) is 4.23. The molecule has 0 unspecified atom stereocenters. The number of rotatable bonds is 5. The van der Waals surface area contributed by atoms with Crippen molar-refractivity contribution in [2.45, 2.75) is 13.5 Å². The SMILES string of the molecule is CCOC(=O)c1cc(N)ccc1OCc1ccncc1Cl. The number of esters is 1. The molecule has 0 aliphatic rings. The average molecular weight is 307 g/mol. The Morgan fingerprint density at radius 3 is 2.90 bits per heavy atom. The number of nitrogens with zero attached hydrogens (tertiary/aromatic N) is 1. The Morgan fingerprint density at radius 1 is 1.38 bits per heavy atom. The van der Waals surface area contributed by atoms with Crippen LogP contribution in [-0.2, 0) is 11.3 Å². The highest BCUT2D eigenvalue weighted by Gasteiger charge is 2.14. The standard InChI is InChI=1S/C15H15ClN2O3/c1-2-20-15(19)12-7-11(17)3-4-14(12)21-9-10-5-6-18-8-13(10)16/h3-8H,2,9,17H2,1H3. The van der Waals surface area contributed by atoms with E-state index in [2.05, 4.69) is 4.98 Å². The van der Waals surface area contributed by atoms with Gasteiger partial charge in [0.2, 0.25) is 0 Å². The van der Waals surface area contributed by atoms with Crippen molar-refractivity contribution in [1.29, 1.82) is 0 Å². The van der Waals surface area contributed by atoms with Gasteiger partial charge in [0.1, 0.15) is 17.9 Å². The van der Waals surface area contributed by atoms with Crippen LogP contribution in [0.2, 0.25) is 5.02 Å². The fraction of sp³-hybridized carbons (Fsp3) is 0.200. The van der Waals surface area contributed by atoms with Gasteiger partial charge in [0.05, 0.1) is 11.6 Å². The van der Waals surface area contributed by atoms with Crippen molar-refractivity contribution in [2.75, 3.05) is 12.3 Å². The van der Waals surface area contributed by atoms with Crippen molar-refractivity contribution in [1.82, 2.24) is 4.98 Å². The Bertz CT molecular complexity index is 647. The van der Waals surface area contributed by atoms with E-state index in [1.807, 2.05) is 0 Å². The number of aromatic nitrogens is 1. The quantitative estimate of drug-likeness (QED) is 0.678. The van der Waals surface area contributed by atoms with Gasteiger partial charge in [0, 0.05) is 23.6 Å². The minimum Gasteiger partial charge on any atom is -0.488 e. The first-order chi connectivity index (χ1) is 10.1. The molecule has 0 spiro atoms. The molecule has 0 aliphatic carbocycles. The second kappa shape index (κ2) is 6.95. The molecule has 2 N–H and O–H groups in total. The molecule has 0 amide bonds. The van der Waals surface area contributed by atoms with E-state index in [9.17, 15) is 4.79 Å². The summed E-state index contributed by atoms with van der Waals surface area (Å²) in [5, 5.41) is 0.505. The number of anilines is 1. The van der Waals surface area contributed by atoms with Crippen LogP contribution in [-0.4, -0.2) is 17.6 Å². The van der Waals surface area contributed by atoms with Crippen LogP contribution in [0.4, 0.5) is 5.69 Å². The van der Waals surface area contributed by atoms with Crippen molar-refractivity contribution in [3.8, 4) is 5.75 Å². The molecule has 0 atom stereocenters. The number of nitrogen functional groups attached to an aromatic ring is 1. The van der Waals surface area contributed by atoms with Crippen LogP contribution in [0.25, 0.3) is 0 Å². The van der Waals surface area contributed by atoms with Crippen LogP contribution in [0.15, 0.2) is 36.7 Å². The van der Waals surface area contributed by atoms with Gasteiger partial charge in [-0.15, -0.1) is 0 Å². The number of pyridine rings is 1. The Morgan fingerprint density at radius 2 is 2.19 bits per heavy atom. The van der Waals surface area contributed by atoms with Gasteiger partial charge < -0.3 is 15.2 Å². The molecule has 2 aromatic rings. The first kappa shape index (κ1) is 15.1. The minimum atomic E-state index is -0.472. The summed E-state index contributed by atoms with van der Waals surface area (Å²) in [7, 11) is 0. The van der Waals surface area contributed by atoms with Crippen LogP contribution in [0.3, 0.4) is 0 Å². The zero-order valence-electron chi connectivity index (χ0n) is 11.5. The van der Waals surface area contributed by atoms with Crippen LogP contribution in [0.5, 0.6) is 5.75 Å². The summed E-state index contributed by atoms with van der Waals surface area (Å²) in [4.78, 5) is 15.8. The van der Waals surface area contributed by atoms with Crippen molar-refractivity contribution in [2.24, 2.45) is 0 Å². The largest absolute Gasteiger partial charge is 0.488 e. The fourth-order valence-corrected chi connectivity index (χ4v) is 1.89. The van der Waals surface area contributed by atoms with Crippen molar-refractivity contribution >= 4 is 23.3 Å². The summed E-state index contributed by atoms with van der Waals surface area (Å²) in [6, 6.07) is 6.58. The molecule has 21 heavy (non-hydrogen) atoms. The predicted molar refractivity (Wildman–Crippen MR) is 80.4 cm³/mol. The normalized spacial score (nSPS) is 10.2. The van der Waals surface area contributed by atoms with Gasteiger partial charge >= 0.3 is 5.97 Å². The molecular weight excluding hydrogens is 292 g/mol. The number of benzene rings is 1. The molecule has 1 aromatic heterocycles. The van der Waals surface area contributed by atoms with Crippen molar-refractivity contribution < 1.29 is 14.3 Å². The summed E-state index contributed by atoms with van der Waals surface area (Å²) in [5.41, 5.74) is 7.24. The lowest BCUT2D eigenvalue weighted by Gasteiger charge is -2.12. The molecule has 2 rings (SSSR count). The minimum absolute atomic E-state index is 0.220. The van der Waals surface area contributed by atoms with Gasteiger partial charge in [-0.05, 0) is 31.2 Å². The maximum atomic E-state index is 11.9. The van der Waals surface area contributed by atoms with Gasteiger partial charge in [-0.25, -0.2) is 4.79 Å².